The Balaban J connectivity index is 2.02. The standard InChI is InChI=1S/C20H30O3/c1-4-18(2)8-7-16-14(9-18)5-6-17-19(16,3)10-15(23)11-20(17,12-21)13-22/h4,9,16-17,21-22H,1,5-8,10-13H2,2-3H3/t16-,17+,18-,19+/m1/s1. The Labute approximate surface area is 139 Å². The summed E-state index contributed by atoms with van der Waals surface area (Å²) in [5.41, 5.74) is 0.776. The highest BCUT2D eigenvalue weighted by molar-refractivity contribution is 5.81. The molecule has 0 aromatic rings. The zero-order valence-corrected chi connectivity index (χ0v) is 14.5. The Kier molecular flexibility index (Phi) is 4.09. The number of fused-ring (bicyclic) bond motifs is 3. The molecular weight excluding hydrogens is 288 g/mol. The predicted molar refractivity (Wildman–Crippen MR) is 90.8 cm³/mol. The first-order valence-electron chi connectivity index (χ1n) is 8.91. The molecule has 0 aromatic carbocycles. The molecule has 128 valence electrons. The normalized spacial score (nSPS) is 42.4. The summed E-state index contributed by atoms with van der Waals surface area (Å²) in [5, 5.41) is 20.0. The van der Waals surface area contributed by atoms with E-state index < -0.39 is 5.41 Å². The van der Waals surface area contributed by atoms with Crippen molar-refractivity contribution in [1.82, 2.24) is 0 Å². The minimum Gasteiger partial charge on any atom is -0.396 e. The van der Waals surface area contributed by atoms with Crippen LogP contribution in [0.1, 0.15) is 52.4 Å². The second kappa shape index (κ2) is 5.56. The zero-order chi connectivity index (χ0) is 16.9. The molecular formula is C20H30O3. The van der Waals surface area contributed by atoms with Gasteiger partial charge in [-0.25, -0.2) is 0 Å². The van der Waals surface area contributed by atoms with Gasteiger partial charge in [0, 0.05) is 23.7 Å². The maximum atomic E-state index is 12.5. The van der Waals surface area contributed by atoms with E-state index in [-0.39, 0.29) is 35.7 Å². The summed E-state index contributed by atoms with van der Waals surface area (Å²) < 4.78 is 0. The molecule has 0 bridgehead atoms. The van der Waals surface area contributed by atoms with Gasteiger partial charge in [-0.05, 0) is 42.9 Å². The van der Waals surface area contributed by atoms with Gasteiger partial charge < -0.3 is 10.2 Å². The lowest BCUT2D eigenvalue weighted by Crippen LogP contribution is -2.57. The van der Waals surface area contributed by atoms with Gasteiger partial charge in [-0.1, -0.05) is 31.6 Å². The number of carbonyl (C=O) groups is 1. The van der Waals surface area contributed by atoms with E-state index in [0.717, 1.165) is 25.7 Å². The van der Waals surface area contributed by atoms with E-state index >= 15 is 0 Å². The average Bonchev–Trinajstić information content (AvgIpc) is 2.52. The fourth-order valence-corrected chi connectivity index (χ4v) is 5.92. The molecule has 2 saturated carbocycles. The van der Waals surface area contributed by atoms with Crippen LogP contribution in [-0.4, -0.2) is 29.2 Å². The molecule has 3 nitrogen and oxygen atoms in total. The van der Waals surface area contributed by atoms with E-state index in [1.165, 1.54) is 5.57 Å². The fourth-order valence-electron chi connectivity index (χ4n) is 5.92. The van der Waals surface area contributed by atoms with E-state index in [0.29, 0.717) is 18.8 Å². The number of Topliss-reactive ketones (excluding diaryl/α,β-unsaturated/α-hetero) is 1. The summed E-state index contributed by atoms with van der Waals surface area (Å²) >= 11 is 0. The third-order valence-electron chi connectivity index (χ3n) is 7.21. The topological polar surface area (TPSA) is 57.5 Å². The lowest BCUT2D eigenvalue weighted by Gasteiger charge is -2.59. The predicted octanol–water partition coefficient (Wildman–Crippen LogP) is 3.27. The van der Waals surface area contributed by atoms with Crippen molar-refractivity contribution in [3.63, 3.8) is 0 Å². The van der Waals surface area contributed by atoms with Gasteiger partial charge in [0.15, 0.2) is 0 Å². The van der Waals surface area contributed by atoms with Gasteiger partial charge in [0.25, 0.3) is 0 Å². The van der Waals surface area contributed by atoms with Crippen LogP contribution in [0.4, 0.5) is 0 Å². The van der Waals surface area contributed by atoms with E-state index in [1.807, 2.05) is 6.08 Å². The molecule has 3 heteroatoms. The molecule has 0 aliphatic heterocycles. The number of ketones is 1. The minimum absolute atomic E-state index is 0.0682. The number of allylic oxidation sites excluding steroid dienone is 3. The molecule has 23 heavy (non-hydrogen) atoms. The van der Waals surface area contributed by atoms with E-state index in [4.69, 9.17) is 0 Å². The number of hydrogen-bond acceptors (Lipinski definition) is 3. The van der Waals surface area contributed by atoms with Gasteiger partial charge in [-0.3, -0.25) is 4.79 Å². The zero-order valence-electron chi connectivity index (χ0n) is 14.5. The second-order valence-corrected chi connectivity index (χ2v) is 8.69. The van der Waals surface area contributed by atoms with Gasteiger partial charge in [0.2, 0.25) is 0 Å². The van der Waals surface area contributed by atoms with E-state index in [9.17, 15) is 15.0 Å². The Morgan fingerprint density at radius 3 is 2.57 bits per heavy atom. The Morgan fingerprint density at radius 1 is 1.26 bits per heavy atom. The molecule has 4 atom stereocenters. The van der Waals surface area contributed by atoms with Crippen LogP contribution in [0.25, 0.3) is 0 Å². The van der Waals surface area contributed by atoms with Crippen LogP contribution < -0.4 is 0 Å². The van der Waals surface area contributed by atoms with Crippen LogP contribution in [-0.2, 0) is 4.79 Å². The molecule has 0 spiro atoms. The maximum absolute atomic E-state index is 12.5. The lowest BCUT2D eigenvalue weighted by molar-refractivity contribution is -0.153. The third-order valence-corrected chi connectivity index (χ3v) is 7.21. The van der Waals surface area contributed by atoms with Crippen LogP contribution in [0.2, 0.25) is 0 Å². The molecule has 0 aromatic heterocycles. The molecule has 0 heterocycles. The first-order valence-corrected chi connectivity index (χ1v) is 8.91. The summed E-state index contributed by atoms with van der Waals surface area (Å²) in [6.45, 7) is 8.26. The molecule has 0 saturated heterocycles. The van der Waals surface area contributed by atoms with Gasteiger partial charge in [0.05, 0.1) is 13.2 Å². The molecule has 0 radical (unpaired) electrons. The number of rotatable bonds is 3. The molecule has 0 amide bonds. The van der Waals surface area contributed by atoms with Crippen molar-refractivity contribution in [2.75, 3.05) is 13.2 Å². The highest BCUT2D eigenvalue weighted by Crippen LogP contribution is 2.63. The smallest absolute Gasteiger partial charge is 0.134 e. The summed E-state index contributed by atoms with van der Waals surface area (Å²) in [5.74, 6) is 0.819. The molecule has 3 aliphatic carbocycles. The highest BCUT2D eigenvalue weighted by atomic mass is 16.3. The molecule has 3 aliphatic rings. The van der Waals surface area contributed by atoms with Crippen molar-refractivity contribution < 1.29 is 15.0 Å². The first kappa shape index (κ1) is 16.9. The summed E-state index contributed by atoms with van der Waals surface area (Å²) in [4.78, 5) is 12.5. The lowest BCUT2D eigenvalue weighted by atomic mass is 9.45. The van der Waals surface area contributed by atoms with Gasteiger partial charge in [-0.15, -0.1) is 6.58 Å². The second-order valence-electron chi connectivity index (χ2n) is 8.69. The molecule has 3 rings (SSSR count). The highest BCUT2D eigenvalue weighted by Gasteiger charge is 2.59. The maximum Gasteiger partial charge on any atom is 0.134 e. The average molecular weight is 318 g/mol. The monoisotopic (exact) mass is 318 g/mol. The van der Waals surface area contributed by atoms with Crippen molar-refractivity contribution in [1.29, 1.82) is 0 Å². The third kappa shape index (κ3) is 2.44. The van der Waals surface area contributed by atoms with Crippen LogP contribution in [0.5, 0.6) is 0 Å². The SMILES string of the molecule is C=C[C@@]1(C)C=C2CC[C@@H]3C(CO)(CO)CC(=O)C[C@@]3(C)[C@@H]2CC1. The van der Waals surface area contributed by atoms with Crippen molar-refractivity contribution in [2.45, 2.75) is 52.4 Å². The summed E-state index contributed by atoms with van der Waals surface area (Å²) in [7, 11) is 0. The number of aliphatic hydroxyl groups is 2. The Morgan fingerprint density at radius 2 is 1.96 bits per heavy atom. The van der Waals surface area contributed by atoms with Crippen molar-refractivity contribution in [3.8, 4) is 0 Å². The number of hydrogen-bond donors (Lipinski definition) is 2. The summed E-state index contributed by atoms with van der Waals surface area (Å²) in [6.07, 6.45) is 9.46. The van der Waals surface area contributed by atoms with E-state index in [1.54, 1.807) is 0 Å². The van der Waals surface area contributed by atoms with Crippen molar-refractivity contribution >= 4 is 5.78 Å². The fraction of sp³-hybridized carbons (Fsp3) is 0.750. The Bertz CT molecular complexity index is 545. The number of carbonyl (C=O) groups excluding carboxylic acids is 1. The van der Waals surface area contributed by atoms with Crippen molar-refractivity contribution in [2.24, 2.45) is 28.1 Å². The quantitative estimate of drug-likeness (QED) is 0.785. The molecule has 0 unspecified atom stereocenters. The van der Waals surface area contributed by atoms with Crippen LogP contribution in [0, 0.1) is 28.1 Å². The van der Waals surface area contributed by atoms with Gasteiger partial charge in [0.1, 0.15) is 5.78 Å². The molecule has 2 N–H and O–H groups in total. The van der Waals surface area contributed by atoms with Crippen LogP contribution in [0.3, 0.4) is 0 Å². The van der Waals surface area contributed by atoms with Gasteiger partial charge >= 0.3 is 0 Å². The molecule has 2 fully saturated rings. The van der Waals surface area contributed by atoms with Gasteiger partial charge in [-0.2, -0.15) is 0 Å². The first-order chi connectivity index (χ1) is 10.8. The largest absolute Gasteiger partial charge is 0.396 e. The number of aliphatic hydroxyl groups excluding tert-OH is 2. The Hall–Kier alpha value is -0.930. The van der Waals surface area contributed by atoms with Crippen molar-refractivity contribution in [3.05, 3.63) is 24.3 Å². The van der Waals surface area contributed by atoms with Crippen LogP contribution >= 0.6 is 0 Å². The van der Waals surface area contributed by atoms with Crippen LogP contribution in [0.15, 0.2) is 24.3 Å². The minimum atomic E-state index is -0.630. The summed E-state index contributed by atoms with van der Waals surface area (Å²) in [6, 6.07) is 0. The van der Waals surface area contributed by atoms with E-state index in [2.05, 4.69) is 26.5 Å².